The molecule has 1 N–H and O–H groups in total. The third-order valence-electron chi connectivity index (χ3n) is 2.53. The van der Waals surface area contributed by atoms with Crippen LogP contribution in [-0.2, 0) is 4.79 Å². The zero-order valence-electron chi connectivity index (χ0n) is 10.8. The van der Waals surface area contributed by atoms with Gasteiger partial charge in [0.1, 0.15) is 5.82 Å². The molecular weight excluding hydrogens is 274 g/mol. The number of ketones is 1. The maximum absolute atomic E-state index is 13.7. The number of nitro benzene ring substituents is 1. The second-order valence-corrected chi connectivity index (χ2v) is 4.35. The highest BCUT2D eigenvalue weighted by molar-refractivity contribution is 5.97. The van der Waals surface area contributed by atoms with Crippen molar-refractivity contribution in [2.75, 3.05) is 6.54 Å². The molecule has 0 atom stereocenters. The predicted octanol–water partition coefficient (Wildman–Crippen LogP) is 1.83. The number of hydrogen-bond donors (Lipinski definition) is 1. The van der Waals surface area contributed by atoms with Gasteiger partial charge in [-0.2, -0.15) is 4.39 Å². The van der Waals surface area contributed by atoms with Gasteiger partial charge in [-0.25, -0.2) is 4.39 Å². The molecule has 0 heterocycles. The standard InChI is InChI=1S/C12H12F2N2O4/c1-6(2)10(17)5-15-12(18)8-3-7(13)4-9(11(8)14)16(19)20/h3-4,6H,5H2,1-2H3,(H,15,18). The van der Waals surface area contributed by atoms with E-state index in [9.17, 15) is 28.5 Å². The molecule has 1 aromatic carbocycles. The first kappa shape index (κ1) is 15.7. The van der Waals surface area contributed by atoms with E-state index in [0.717, 1.165) is 0 Å². The second-order valence-electron chi connectivity index (χ2n) is 4.35. The Labute approximate surface area is 112 Å². The fourth-order valence-electron chi connectivity index (χ4n) is 1.34. The van der Waals surface area contributed by atoms with E-state index < -0.39 is 33.7 Å². The first-order valence-corrected chi connectivity index (χ1v) is 5.68. The normalized spacial score (nSPS) is 10.4. The molecule has 0 fully saturated rings. The number of Topliss-reactive ketones (excluding diaryl/α,β-unsaturated/α-hetero) is 1. The van der Waals surface area contributed by atoms with E-state index >= 15 is 0 Å². The maximum atomic E-state index is 13.7. The maximum Gasteiger partial charge on any atom is 0.308 e. The summed E-state index contributed by atoms with van der Waals surface area (Å²) in [6, 6.07) is 0.920. The van der Waals surface area contributed by atoms with Crippen LogP contribution in [0.15, 0.2) is 12.1 Å². The zero-order chi connectivity index (χ0) is 15.4. The van der Waals surface area contributed by atoms with Gasteiger partial charge < -0.3 is 5.32 Å². The van der Waals surface area contributed by atoms with Gasteiger partial charge in [0.15, 0.2) is 5.78 Å². The molecule has 1 amide bonds. The molecule has 0 radical (unpaired) electrons. The van der Waals surface area contributed by atoms with Gasteiger partial charge >= 0.3 is 5.69 Å². The minimum absolute atomic E-state index is 0.301. The lowest BCUT2D eigenvalue weighted by atomic mass is 10.1. The van der Waals surface area contributed by atoms with Gasteiger partial charge in [-0.3, -0.25) is 19.7 Å². The lowest BCUT2D eigenvalue weighted by Crippen LogP contribution is -2.32. The Morgan fingerprint density at radius 3 is 2.45 bits per heavy atom. The van der Waals surface area contributed by atoms with E-state index in [0.29, 0.717) is 12.1 Å². The summed E-state index contributed by atoms with van der Waals surface area (Å²) >= 11 is 0. The molecule has 8 heteroatoms. The van der Waals surface area contributed by atoms with Crippen molar-refractivity contribution in [2.24, 2.45) is 5.92 Å². The number of nitrogens with zero attached hydrogens (tertiary/aromatic N) is 1. The van der Waals surface area contributed by atoms with E-state index in [1.807, 2.05) is 0 Å². The van der Waals surface area contributed by atoms with Crippen molar-refractivity contribution in [1.82, 2.24) is 5.32 Å². The molecule has 6 nitrogen and oxygen atoms in total. The molecule has 0 saturated heterocycles. The summed E-state index contributed by atoms with van der Waals surface area (Å²) in [5.74, 6) is -4.27. The molecule has 20 heavy (non-hydrogen) atoms. The highest BCUT2D eigenvalue weighted by Gasteiger charge is 2.24. The second kappa shape index (κ2) is 6.18. The number of nitro groups is 1. The van der Waals surface area contributed by atoms with Crippen LogP contribution in [0.2, 0.25) is 0 Å². The molecule has 0 unspecified atom stereocenters. The van der Waals surface area contributed by atoms with Crippen LogP contribution in [0.1, 0.15) is 24.2 Å². The summed E-state index contributed by atoms with van der Waals surface area (Å²) in [6.07, 6.45) is 0. The lowest BCUT2D eigenvalue weighted by molar-refractivity contribution is -0.387. The summed E-state index contributed by atoms with van der Waals surface area (Å²) in [6.45, 7) is 2.87. The molecule has 0 aromatic heterocycles. The van der Waals surface area contributed by atoms with Crippen LogP contribution in [0.3, 0.4) is 0 Å². The number of halogens is 2. The summed E-state index contributed by atoms with van der Waals surface area (Å²) in [5.41, 5.74) is -1.95. The van der Waals surface area contributed by atoms with Crippen molar-refractivity contribution < 1.29 is 23.3 Å². The summed E-state index contributed by atoms with van der Waals surface area (Å²) in [7, 11) is 0. The van der Waals surface area contributed by atoms with E-state index in [4.69, 9.17) is 0 Å². The van der Waals surface area contributed by atoms with Gasteiger partial charge in [0.2, 0.25) is 5.82 Å². The first-order chi connectivity index (χ1) is 9.23. The number of nitrogens with one attached hydrogen (secondary N) is 1. The highest BCUT2D eigenvalue weighted by atomic mass is 19.1. The average molecular weight is 286 g/mol. The summed E-state index contributed by atoms with van der Waals surface area (Å²) in [5, 5.41) is 12.6. The van der Waals surface area contributed by atoms with Crippen LogP contribution in [0.4, 0.5) is 14.5 Å². The monoisotopic (exact) mass is 286 g/mol. The van der Waals surface area contributed by atoms with Gasteiger partial charge in [0.25, 0.3) is 5.91 Å². The highest BCUT2D eigenvalue weighted by Crippen LogP contribution is 2.22. The van der Waals surface area contributed by atoms with Gasteiger partial charge in [0.05, 0.1) is 23.1 Å². The van der Waals surface area contributed by atoms with E-state index in [-0.39, 0.29) is 18.2 Å². The van der Waals surface area contributed by atoms with Crippen molar-refractivity contribution in [3.63, 3.8) is 0 Å². The van der Waals surface area contributed by atoms with Crippen molar-refractivity contribution in [1.29, 1.82) is 0 Å². The van der Waals surface area contributed by atoms with Crippen molar-refractivity contribution >= 4 is 17.4 Å². The average Bonchev–Trinajstić information content (AvgIpc) is 2.37. The van der Waals surface area contributed by atoms with E-state index in [2.05, 4.69) is 5.32 Å². The summed E-state index contributed by atoms with van der Waals surface area (Å²) < 4.78 is 26.8. The van der Waals surface area contributed by atoms with Crippen LogP contribution in [0.5, 0.6) is 0 Å². The Bertz CT molecular complexity index is 573. The largest absolute Gasteiger partial charge is 0.345 e. The quantitative estimate of drug-likeness (QED) is 0.660. The number of carbonyl (C=O) groups excluding carboxylic acids is 2. The number of carbonyl (C=O) groups is 2. The van der Waals surface area contributed by atoms with E-state index in [1.54, 1.807) is 13.8 Å². The molecule has 0 spiro atoms. The zero-order valence-corrected chi connectivity index (χ0v) is 10.8. The third-order valence-corrected chi connectivity index (χ3v) is 2.53. The van der Waals surface area contributed by atoms with Crippen LogP contribution < -0.4 is 5.32 Å². The molecule has 0 saturated carbocycles. The predicted molar refractivity (Wildman–Crippen MR) is 65.2 cm³/mol. The number of rotatable bonds is 5. The van der Waals surface area contributed by atoms with Crippen LogP contribution in [-0.4, -0.2) is 23.2 Å². The molecule has 0 aliphatic carbocycles. The summed E-state index contributed by atoms with van der Waals surface area (Å²) in [4.78, 5) is 32.3. The number of amides is 1. The topological polar surface area (TPSA) is 89.3 Å². The van der Waals surface area contributed by atoms with Crippen LogP contribution >= 0.6 is 0 Å². The minimum Gasteiger partial charge on any atom is -0.345 e. The Balaban J connectivity index is 2.99. The van der Waals surface area contributed by atoms with Crippen LogP contribution in [0.25, 0.3) is 0 Å². The van der Waals surface area contributed by atoms with Gasteiger partial charge in [-0.05, 0) is 6.07 Å². The number of hydrogen-bond acceptors (Lipinski definition) is 4. The van der Waals surface area contributed by atoms with Crippen molar-refractivity contribution in [3.05, 3.63) is 39.4 Å². The molecule has 1 rings (SSSR count). The Hall–Kier alpha value is -2.38. The van der Waals surface area contributed by atoms with Crippen molar-refractivity contribution in [2.45, 2.75) is 13.8 Å². The van der Waals surface area contributed by atoms with Gasteiger partial charge in [-0.15, -0.1) is 0 Å². The first-order valence-electron chi connectivity index (χ1n) is 5.68. The van der Waals surface area contributed by atoms with Crippen molar-refractivity contribution in [3.8, 4) is 0 Å². The Morgan fingerprint density at radius 1 is 1.35 bits per heavy atom. The molecular formula is C12H12F2N2O4. The van der Waals surface area contributed by atoms with Crippen LogP contribution in [0, 0.1) is 27.7 Å². The lowest BCUT2D eigenvalue weighted by Gasteiger charge is -2.07. The minimum atomic E-state index is -1.44. The molecule has 0 aliphatic heterocycles. The third kappa shape index (κ3) is 3.56. The van der Waals surface area contributed by atoms with Gasteiger partial charge in [0, 0.05) is 5.92 Å². The Kier molecular flexibility index (Phi) is 4.84. The SMILES string of the molecule is CC(C)C(=O)CNC(=O)c1cc(F)cc([N+](=O)[O-])c1F. The smallest absolute Gasteiger partial charge is 0.308 e. The molecule has 0 bridgehead atoms. The molecule has 108 valence electrons. The fraction of sp³-hybridized carbons (Fsp3) is 0.333. The Morgan fingerprint density at radius 2 is 1.95 bits per heavy atom. The van der Waals surface area contributed by atoms with E-state index in [1.165, 1.54) is 0 Å². The molecule has 0 aliphatic rings. The fourth-order valence-corrected chi connectivity index (χ4v) is 1.34. The molecule has 1 aromatic rings. The van der Waals surface area contributed by atoms with Gasteiger partial charge in [-0.1, -0.05) is 13.8 Å². The number of benzene rings is 1.